The summed E-state index contributed by atoms with van der Waals surface area (Å²) in [5, 5.41) is 2.78. The first-order valence-electron chi connectivity index (χ1n) is 8.63. The number of hydrogen-bond acceptors (Lipinski definition) is 5. The highest BCUT2D eigenvalue weighted by atomic mass is 19.4. The van der Waals surface area contributed by atoms with Crippen LogP contribution in [0.4, 0.5) is 26.3 Å². The Kier molecular flexibility index (Phi) is 5.43. The van der Waals surface area contributed by atoms with Crippen LogP contribution in [0, 0.1) is 5.92 Å². The van der Waals surface area contributed by atoms with Crippen molar-refractivity contribution >= 4 is 5.91 Å². The number of rotatable bonds is 7. The second-order valence-electron chi connectivity index (χ2n) is 6.94. The van der Waals surface area contributed by atoms with Crippen molar-refractivity contribution in [3.05, 3.63) is 41.6 Å². The molecule has 0 saturated heterocycles. The number of hydrazine groups is 1. The van der Waals surface area contributed by atoms with E-state index in [9.17, 15) is 31.1 Å². The molecule has 5 N–H and O–H groups in total. The SMILES string of the molecule is NC(=O)C1=CC(C(NCC2CC2)c2cccc(OC(F)(F)F)c2)(C(F)(F)F)NN1. The van der Waals surface area contributed by atoms with Gasteiger partial charge in [0.2, 0.25) is 0 Å². The lowest BCUT2D eigenvalue weighted by molar-refractivity contribution is -0.274. The molecular weight excluding hydrogens is 406 g/mol. The third kappa shape index (κ3) is 4.75. The van der Waals surface area contributed by atoms with Gasteiger partial charge in [-0.3, -0.25) is 4.79 Å². The number of nitrogens with one attached hydrogen (secondary N) is 3. The second-order valence-corrected chi connectivity index (χ2v) is 6.94. The molecule has 1 saturated carbocycles. The first-order chi connectivity index (χ1) is 13.4. The number of nitrogens with two attached hydrogens (primary N) is 1. The maximum atomic E-state index is 14.1. The molecule has 12 heteroatoms. The lowest BCUT2D eigenvalue weighted by Crippen LogP contribution is -2.62. The molecule has 160 valence electrons. The lowest BCUT2D eigenvalue weighted by atomic mass is 9.84. The smallest absolute Gasteiger partial charge is 0.406 e. The van der Waals surface area contributed by atoms with Crippen molar-refractivity contribution in [3.8, 4) is 5.75 Å². The zero-order valence-corrected chi connectivity index (χ0v) is 14.8. The molecule has 29 heavy (non-hydrogen) atoms. The molecule has 0 spiro atoms. The third-order valence-corrected chi connectivity index (χ3v) is 4.70. The fourth-order valence-electron chi connectivity index (χ4n) is 3.11. The minimum Gasteiger partial charge on any atom is -0.406 e. The summed E-state index contributed by atoms with van der Waals surface area (Å²) in [5.41, 5.74) is 5.83. The largest absolute Gasteiger partial charge is 0.573 e. The number of hydrogen-bond donors (Lipinski definition) is 4. The minimum absolute atomic E-state index is 0.110. The van der Waals surface area contributed by atoms with Crippen LogP contribution in [-0.2, 0) is 4.79 Å². The molecule has 3 rings (SSSR count). The topological polar surface area (TPSA) is 88.4 Å². The molecule has 1 aromatic carbocycles. The van der Waals surface area contributed by atoms with Gasteiger partial charge in [0.1, 0.15) is 11.4 Å². The Morgan fingerprint density at radius 2 is 1.97 bits per heavy atom. The van der Waals surface area contributed by atoms with Gasteiger partial charge in [-0.05, 0) is 49.1 Å². The van der Waals surface area contributed by atoms with E-state index in [0.29, 0.717) is 6.08 Å². The van der Waals surface area contributed by atoms with E-state index in [4.69, 9.17) is 5.73 Å². The van der Waals surface area contributed by atoms with Gasteiger partial charge in [-0.15, -0.1) is 13.2 Å². The number of amides is 1. The van der Waals surface area contributed by atoms with Gasteiger partial charge in [-0.25, -0.2) is 5.43 Å². The Morgan fingerprint density at radius 1 is 1.28 bits per heavy atom. The summed E-state index contributed by atoms with van der Waals surface area (Å²) >= 11 is 0. The summed E-state index contributed by atoms with van der Waals surface area (Å²) in [6, 6.07) is 2.71. The van der Waals surface area contributed by atoms with Crippen LogP contribution >= 0.6 is 0 Å². The highest BCUT2D eigenvalue weighted by Crippen LogP contribution is 2.44. The van der Waals surface area contributed by atoms with Crippen LogP contribution in [-0.4, -0.2) is 30.5 Å². The maximum Gasteiger partial charge on any atom is 0.573 e. The van der Waals surface area contributed by atoms with Gasteiger partial charge in [0, 0.05) is 0 Å². The van der Waals surface area contributed by atoms with Crippen molar-refractivity contribution in [1.29, 1.82) is 0 Å². The molecule has 1 heterocycles. The molecule has 0 aromatic heterocycles. The predicted molar refractivity (Wildman–Crippen MR) is 88.9 cm³/mol. The van der Waals surface area contributed by atoms with Crippen molar-refractivity contribution in [2.45, 2.75) is 37.0 Å². The molecule has 0 bridgehead atoms. The van der Waals surface area contributed by atoms with Gasteiger partial charge < -0.3 is 21.2 Å². The van der Waals surface area contributed by atoms with Crippen LogP contribution in [0.15, 0.2) is 36.0 Å². The van der Waals surface area contributed by atoms with Crippen molar-refractivity contribution < 1.29 is 35.9 Å². The standard InChI is InChI=1S/C17H18F6N4O2/c18-16(19,20)15(7-12(14(24)28)26-27-15)13(25-8-9-4-5-9)10-2-1-3-11(6-10)29-17(21,22)23/h1-3,6-7,9,13,25-27H,4-5,8H2,(H2,24,28). The van der Waals surface area contributed by atoms with Crippen molar-refractivity contribution in [2.24, 2.45) is 11.7 Å². The Balaban J connectivity index is 2.04. The normalized spacial score (nSPS) is 23.3. The van der Waals surface area contributed by atoms with Crippen LogP contribution in [0.2, 0.25) is 0 Å². The van der Waals surface area contributed by atoms with Gasteiger partial charge in [-0.1, -0.05) is 12.1 Å². The summed E-state index contributed by atoms with van der Waals surface area (Å²) in [6.45, 7) is 0.217. The van der Waals surface area contributed by atoms with Crippen molar-refractivity contribution in [2.75, 3.05) is 6.54 Å². The van der Waals surface area contributed by atoms with Crippen molar-refractivity contribution in [3.63, 3.8) is 0 Å². The number of primary amides is 1. The average molecular weight is 424 g/mol. The van der Waals surface area contributed by atoms with Crippen molar-refractivity contribution in [1.82, 2.24) is 16.2 Å². The van der Waals surface area contributed by atoms with Gasteiger partial charge in [-0.2, -0.15) is 13.2 Å². The van der Waals surface area contributed by atoms with E-state index in [1.807, 2.05) is 0 Å². The molecule has 2 unspecified atom stereocenters. The Bertz CT molecular complexity index is 806. The predicted octanol–water partition coefficient (Wildman–Crippen LogP) is 2.40. The fraction of sp³-hybridized carbons (Fsp3) is 0.471. The van der Waals surface area contributed by atoms with E-state index < -0.39 is 41.5 Å². The van der Waals surface area contributed by atoms with E-state index >= 15 is 0 Å². The zero-order chi connectivity index (χ0) is 21.4. The number of carbonyl (C=O) groups is 1. The third-order valence-electron chi connectivity index (χ3n) is 4.70. The van der Waals surface area contributed by atoms with Crippen LogP contribution in [0.5, 0.6) is 5.75 Å². The Morgan fingerprint density at radius 3 is 2.48 bits per heavy atom. The summed E-state index contributed by atoms with van der Waals surface area (Å²) in [5.74, 6) is -1.60. The van der Waals surface area contributed by atoms with Gasteiger partial charge in [0.15, 0.2) is 5.54 Å². The highest BCUT2D eigenvalue weighted by Gasteiger charge is 2.61. The van der Waals surface area contributed by atoms with E-state index in [-0.39, 0.29) is 18.0 Å². The number of halogens is 6. The van der Waals surface area contributed by atoms with Gasteiger partial charge >= 0.3 is 12.5 Å². The number of carbonyl (C=O) groups excluding carboxylic acids is 1. The molecule has 0 radical (unpaired) electrons. The van der Waals surface area contributed by atoms with E-state index in [1.54, 1.807) is 0 Å². The number of benzene rings is 1. The van der Waals surface area contributed by atoms with Gasteiger partial charge in [0.25, 0.3) is 5.91 Å². The number of alkyl halides is 6. The summed E-state index contributed by atoms with van der Waals surface area (Å²) in [7, 11) is 0. The first-order valence-corrected chi connectivity index (χ1v) is 8.63. The van der Waals surface area contributed by atoms with E-state index in [0.717, 1.165) is 31.0 Å². The Hall–Kier alpha value is -2.47. The molecule has 2 aliphatic rings. The molecule has 1 aromatic rings. The molecule has 1 fully saturated rings. The lowest BCUT2D eigenvalue weighted by Gasteiger charge is -2.38. The summed E-state index contributed by atoms with van der Waals surface area (Å²) in [4.78, 5) is 11.4. The van der Waals surface area contributed by atoms with Crippen LogP contribution < -0.4 is 26.6 Å². The van der Waals surface area contributed by atoms with E-state index in [2.05, 4.69) is 20.9 Å². The zero-order valence-electron chi connectivity index (χ0n) is 14.8. The monoisotopic (exact) mass is 424 g/mol. The average Bonchev–Trinajstić information content (AvgIpc) is 3.28. The second kappa shape index (κ2) is 7.41. The summed E-state index contributed by atoms with van der Waals surface area (Å²) in [6.07, 6.45) is -7.64. The first kappa shape index (κ1) is 21.2. The number of ether oxygens (including phenoxy) is 1. The summed E-state index contributed by atoms with van der Waals surface area (Å²) < 4.78 is 83.9. The quantitative estimate of drug-likeness (QED) is 0.505. The van der Waals surface area contributed by atoms with Gasteiger partial charge in [0.05, 0.1) is 6.04 Å². The van der Waals surface area contributed by atoms with Crippen LogP contribution in [0.1, 0.15) is 24.4 Å². The highest BCUT2D eigenvalue weighted by molar-refractivity contribution is 5.92. The molecule has 2 atom stereocenters. The Labute approximate surface area is 161 Å². The molecule has 6 nitrogen and oxygen atoms in total. The molecular formula is C17H18F6N4O2. The minimum atomic E-state index is -5.00. The van der Waals surface area contributed by atoms with Crippen LogP contribution in [0.25, 0.3) is 0 Å². The van der Waals surface area contributed by atoms with E-state index in [1.165, 1.54) is 6.07 Å². The molecule has 1 aliphatic carbocycles. The maximum absolute atomic E-state index is 14.1. The molecule has 1 aliphatic heterocycles. The fourth-order valence-corrected chi connectivity index (χ4v) is 3.11. The molecule has 1 amide bonds. The van der Waals surface area contributed by atoms with Crippen LogP contribution in [0.3, 0.4) is 0 Å².